The van der Waals surface area contributed by atoms with Gasteiger partial charge in [-0.25, -0.2) is 14.4 Å². The molecule has 35 heavy (non-hydrogen) atoms. The Morgan fingerprint density at radius 1 is 1.14 bits per heavy atom. The zero-order valence-electron chi connectivity index (χ0n) is 19.5. The van der Waals surface area contributed by atoms with Gasteiger partial charge in [-0.05, 0) is 63.3 Å². The Bertz CT molecular complexity index is 1210. The number of carbonyl (C=O) groups excluding carboxylic acids is 1. The fourth-order valence-corrected chi connectivity index (χ4v) is 5.66. The van der Waals surface area contributed by atoms with Crippen LogP contribution in [0.2, 0.25) is 5.02 Å². The highest BCUT2D eigenvalue weighted by molar-refractivity contribution is 7.99. The van der Waals surface area contributed by atoms with Crippen LogP contribution in [0.1, 0.15) is 23.2 Å². The van der Waals surface area contributed by atoms with Crippen LogP contribution in [0.25, 0.3) is 0 Å². The first-order chi connectivity index (χ1) is 16.9. The number of para-hydroxylation sites is 1. The Morgan fingerprint density at radius 2 is 1.89 bits per heavy atom. The Labute approximate surface area is 213 Å². The van der Waals surface area contributed by atoms with Gasteiger partial charge in [-0.2, -0.15) is 0 Å². The number of hydrogen-bond donors (Lipinski definition) is 1. The lowest BCUT2D eigenvalue weighted by Crippen LogP contribution is -2.41. The van der Waals surface area contributed by atoms with Crippen LogP contribution in [0.5, 0.6) is 0 Å². The maximum Gasteiger partial charge on any atom is 0.263 e. The molecular weight excluding hydrogens is 487 g/mol. The number of carbonyl (C=O) groups is 1. The van der Waals surface area contributed by atoms with Gasteiger partial charge >= 0.3 is 0 Å². The number of amides is 1. The van der Waals surface area contributed by atoms with Crippen LogP contribution in [0, 0.1) is 5.82 Å². The van der Waals surface area contributed by atoms with E-state index >= 15 is 0 Å². The normalized spacial score (nSPS) is 16.5. The van der Waals surface area contributed by atoms with E-state index in [9.17, 15) is 9.18 Å². The van der Waals surface area contributed by atoms with Crippen molar-refractivity contribution in [3.8, 4) is 0 Å². The van der Waals surface area contributed by atoms with Crippen molar-refractivity contribution in [1.82, 2.24) is 14.9 Å². The number of nitrogens with one attached hydrogen (secondary N) is 1. The molecule has 5 rings (SSSR count). The lowest BCUT2D eigenvalue weighted by Gasteiger charge is -2.36. The monoisotopic (exact) mass is 512 g/mol. The Kier molecular flexibility index (Phi) is 6.82. The van der Waals surface area contributed by atoms with Gasteiger partial charge in [0.25, 0.3) is 5.91 Å². The van der Waals surface area contributed by atoms with Gasteiger partial charge < -0.3 is 15.1 Å². The summed E-state index contributed by atoms with van der Waals surface area (Å²) in [7, 11) is 4.29. The second-order valence-corrected chi connectivity index (χ2v) is 10.2. The van der Waals surface area contributed by atoms with Gasteiger partial charge in [0, 0.05) is 36.7 Å². The van der Waals surface area contributed by atoms with E-state index in [2.05, 4.69) is 51.3 Å². The number of aromatic nitrogens is 2. The zero-order valence-corrected chi connectivity index (χ0v) is 21.1. The molecule has 0 aliphatic carbocycles. The maximum atomic E-state index is 14.4. The van der Waals surface area contributed by atoms with E-state index in [-0.39, 0.29) is 22.5 Å². The Hall–Kier alpha value is -2.88. The molecule has 0 atom stereocenters. The molecule has 0 spiro atoms. The van der Waals surface area contributed by atoms with Crippen LogP contribution in [-0.2, 0) is 0 Å². The third-order valence-electron chi connectivity index (χ3n) is 6.45. The number of thioether (sulfide) groups is 1. The second-order valence-electron chi connectivity index (χ2n) is 8.84. The van der Waals surface area contributed by atoms with Crippen molar-refractivity contribution >= 4 is 52.3 Å². The van der Waals surface area contributed by atoms with Gasteiger partial charge in [0.15, 0.2) is 0 Å². The van der Waals surface area contributed by atoms with Crippen molar-refractivity contribution in [3.63, 3.8) is 0 Å². The van der Waals surface area contributed by atoms with Gasteiger partial charge in [0.1, 0.15) is 10.8 Å². The lowest BCUT2D eigenvalue weighted by molar-refractivity contribution is 0.0985. The first-order valence-corrected chi connectivity index (χ1v) is 12.8. The van der Waals surface area contributed by atoms with Gasteiger partial charge in [-0.1, -0.05) is 29.4 Å². The molecule has 2 aromatic carbocycles. The van der Waals surface area contributed by atoms with E-state index in [0.29, 0.717) is 22.6 Å². The highest BCUT2D eigenvalue weighted by atomic mass is 35.5. The first kappa shape index (κ1) is 23.8. The van der Waals surface area contributed by atoms with Gasteiger partial charge in [-0.3, -0.25) is 9.69 Å². The molecule has 0 unspecified atom stereocenters. The van der Waals surface area contributed by atoms with Crippen molar-refractivity contribution in [2.24, 2.45) is 0 Å². The number of anilines is 4. The molecule has 0 bridgehead atoms. The molecule has 3 aromatic rings. The third kappa shape index (κ3) is 4.94. The minimum atomic E-state index is -0.542. The molecule has 1 amide bonds. The number of rotatable bonds is 5. The van der Waals surface area contributed by atoms with Crippen molar-refractivity contribution in [2.45, 2.75) is 23.9 Å². The summed E-state index contributed by atoms with van der Waals surface area (Å²) >= 11 is 7.50. The molecule has 7 nitrogen and oxygen atoms in total. The topological polar surface area (TPSA) is 64.6 Å². The van der Waals surface area contributed by atoms with Gasteiger partial charge in [0.2, 0.25) is 5.95 Å². The van der Waals surface area contributed by atoms with Crippen LogP contribution in [-0.4, -0.2) is 59.9 Å². The van der Waals surface area contributed by atoms with Gasteiger partial charge in [-0.15, -0.1) is 0 Å². The summed E-state index contributed by atoms with van der Waals surface area (Å²) in [4.78, 5) is 27.9. The number of halogens is 2. The highest BCUT2D eigenvalue weighted by Gasteiger charge is 2.31. The van der Waals surface area contributed by atoms with Crippen LogP contribution in [0.4, 0.5) is 27.4 Å². The quantitative estimate of drug-likeness (QED) is 0.468. The van der Waals surface area contributed by atoms with E-state index < -0.39 is 5.82 Å². The number of fused-ring (bicyclic) bond motifs is 1. The molecule has 1 N–H and O–H groups in total. The molecule has 1 aromatic heterocycles. The Morgan fingerprint density at radius 3 is 2.57 bits per heavy atom. The highest BCUT2D eigenvalue weighted by Crippen LogP contribution is 2.37. The number of nitrogens with zero attached hydrogens (tertiary/aromatic N) is 5. The largest absolute Gasteiger partial charge is 0.371 e. The van der Waals surface area contributed by atoms with E-state index in [1.54, 1.807) is 6.07 Å². The molecule has 3 heterocycles. The molecule has 0 saturated carbocycles. The molecule has 2 aliphatic rings. The number of benzene rings is 2. The summed E-state index contributed by atoms with van der Waals surface area (Å²) in [5.41, 5.74) is 2.46. The number of piperidine rings is 1. The van der Waals surface area contributed by atoms with E-state index in [1.165, 1.54) is 40.7 Å². The zero-order chi connectivity index (χ0) is 24.5. The molecular formula is C25H26ClFN6OS. The Balaban J connectivity index is 1.26. The smallest absolute Gasteiger partial charge is 0.263 e. The van der Waals surface area contributed by atoms with Crippen molar-refractivity contribution in [3.05, 3.63) is 65.1 Å². The lowest BCUT2D eigenvalue weighted by atomic mass is 10.0. The standard InChI is InChI=1S/C25H26ClFN6OS/c1-31(2)17-10-12-32(13-11-17)18-8-6-16(7-9-18)29-25-28-14-19-23(30-25)35-15-33(24(19)34)22-20(26)4-3-5-21(22)27/h3-9,14,17H,10-13,15H2,1-2H3,(H,28,29,30). The van der Waals surface area contributed by atoms with Crippen LogP contribution < -0.4 is 15.1 Å². The summed E-state index contributed by atoms with van der Waals surface area (Å²) in [5.74, 6) is -0.303. The van der Waals surface area contributed by atoms with Crippen LogP contribution >= 0.6 is 23.4 Å². The fourth-order valence-electron chi connectivity index (χ4n) is 4.45. The van der Waals surface area contributed by atoms with E-state index in [0.717, 1.165) is 31.6 Å². The predicted octanol–water partition coefficient (Wildman–Crippen LogP) is 5.25. The minimum Gasteiger partial charge on any atom is -0.371 e. The molecule has 10 heteroatoms. The second kappa shape index (κ2) is 10.0. The maximum absolute atomic E-state index is 14.4. The van der Waals surface area contributed by atoms with Crippen LogP contribution in [0.3, 0.4) is 0 Å². The fraction of sp³-hybridized carbons (Fsp3) is 0.320. The van der Waals surface area contributed by atoms with Crippen LogP contribution in [0.15, 0.2) is 53.7 Å². The summed E-state index contributed by atoms with van der Waals surface area (Å²) in [6.07, 6.45) is 3.80. The third-order valence-corrected chi connectivity index (χ3v) is 7.73. The molecule has 182 valence electrons. The number of hydrogen-bond acceptors (Lipinski definition) is 7. The predicted molar refractivity (Wildman–Crippen MR) is 140 cm³/mol. The summed E-state index contributed by atoms with van der Waals surface area (Å²) < 4.78 is 14.4. The first-order valence-electron chi connectivity index (χ1n) is 11.4. The van der Waals surface area contributed by atoms with Crippen molar-refractivity contribution in [1.29, 1.82) is 0 Å². The van der Waals surface area contributed by atoms with Crippen molar-refractivity contribution < 1.29 is 9.18 Å². The average molecular weight is 513 g/mol. The summed E-state index contributed by atoms with van der Waals surface area (Å²) in [5, 5.41) is 3.95. The minimum absolute atomic E-state index is 0.0746. The van der Waals surface area contributed by atoms with Gasteiger partial charge in [0.05, 0.1) is 22.2 Å². The van der Waals surface area contributed by atoms with E-state index in [1.807, 2.05) is 12.1 Å². The molecule has 2 aliphatic heterocycles. The average Bonchev–Trinajstić information content (AvgIpc) is 2.86. The SMILES string of the molecule is CN(C)C1CCN(c2ccc(Nc3ncc4c(n3)SCN(c3c(F)cccc3Cl)C4=O)cc2)CC1. The summed E-state index contributed by atoms with van der Waals surface area (Å²) in [6.45, 7) is 2.09. The molecule has 1 fully saturated rings. The summed E-state index contributed by atoms with van der Waals surface area (Å²) in [6, 6.07) is 13.2. The molecule has 1 saturated heterocycles. The van der Waals surface area contributed by atoms with E-state index in [4.69, 9.17) is 11.6 Å². The molecule has 0 radical (unpaired) electrons. The van der Waals surface area contributed by atoms with Crippen molar-refractivity contribution in [2.75, 3.05) is 48.2 Å².